The Morgan fingerprint density at radius 1 is 1.21 bits per heavy atom. The van der Waals surface area contributed by atoms with Crippen molar-refractivity contribution in [3.63, 3.8) is 0 Å². The fraction of sp³-hybridized carbons (Fsp3) is 0.562. The Bertz CT molecular complexity index is 444. The van der Waals surface area contributed by atoms with E-state index in [1.807, 2.05) is 13.0 Å². The van der Waals surface area contributed by atoms with Crippen molar-refractivity contribution in [3.05, 3.63) is 29.3 Å². The molecule has 0 aromatic heterocycles. The van der Waals surface area contributed by atoms with Crippen LogP contribution < -0.4 is 4.90 Å². The Morgan fingerprint density at radius 2 is 1.89 bits per heavy atom. The molecule has 0 saturated heterocycles. The summed E-state index contributed by atoms with van der Waals surface area (Å²) in [5.74, 6) is 0.623. The minimum atomic E-state index is 0.623. The molecule has 0 N–H and O–H groups in total. The fourth-order valence-corrected chi connectivity index (χ4v) is 2.06. The second-order valence-corrected chi connectivity index (χ2v) is 5.75. The largest absolute Gasteiger partial charge is 0.370 e. The average Bonchev–Trinajstić information content (AvgIpc) is 2.33. The summed E-state index contributed by atoms with van der Waals surface area (Å²) < 4.78 is 0. The predicted octanol–water partition coefficient (Wildman–Crippen LogP) is 2.89. The predicted molar refractivity (Wildman–Crippen MR) is 81.5 cm³/mol. The van der Waals surface area contributed by atoms with Crippen molar-refractivity contribution >= 4 is 5.69 Å². The monoisotopic (exact) mass is 259 g/mol. The van der Waals surface area contributed by atoms with Crippen LogP contribution >= 0.6 is 0 Å². The Labute approximate surface area is 117 Å². The van der Waals surface area contributed by atoms with Gasteiger partial charge in [0.2, 0.25) is 0 Å². The van der Waals surface area contributed by atoms with Gasteiger partial charge in [-0.25, -0.2) is 0 Å². The first-order chi connectivity index (χ1) is 8.93. The molecule has 0 spiro atoms. The van der Waals surface area contributed by atoms with Crippen LogP contribution in [-0.4, -0.2) is 38.6 Å². The van der Waals surface area contributed by atoms with Crippen LogP contribution in [0.5, 0.6) is 0 Å². The highest BCUT2D eigenvalue weighted by molar-refractivity contribution is 5.53. The highest BCUT2D eigenvalue weighted by Gasteiger charge is 2.10. The van der Waals surface area contributed by atoms with Gasteiger partial charge in [0.1, 0.15) is 0 Å². The van der Waals surface area contributed by atoms with Gasteiger partial charge < -0.3 is 9.80 Å². The number of hydrogen-bond acceptors (Lipinski definition) is 3. The number of aryl methyl sites for hydroxylation is 1. The molecular weight excluding hydrogens is 234 g/mol. The summed E-state index contributed by atoms with van der Waals surface area (Å²) in [6.45, 7) is 9.56. The van der Waals surface area contributed by atoms with Gasteiger partial charge in [-0.2, -0.15) is 5.26 Å². The lowest BCUT2D eigenvalue weighted by molar-refractivity contribution is 0.409. The van der Waals surface area contributed by atoms with E-state index < -0.39 is 0 Å². The molecule has 19 heavy (non-hydrogen) atoms. The summed E-state index contributed by atoms with van der Waals surface area (Å²) >= 11 is 0. The lowest BCUT2D eigenvalue weighted by Crippen LogP contribution is -2.34. The quantitative estimate of drug-likeness (QED) is 0.787. The van der Waals surface area contributed by atoms with E-state index in [1.54, 1.807) is 0 Å². The van der Waals surface area contributed by atoms with Crippen molar-refractivity contribution in [2.45, 2.75) is 20.8 Å². The van der Waals surface area contributed by atoms with E-state index in [1.165, 1.54) is 5.69 Å². The molecule has 0 saturated carbocycles. The van der Waals surface area contributed by atoms with E-state index in [4.69, 9.17) is 5.26 Å². The standard InChI is InChI=1S/C16H25N3/c1-13(2)12-19(9-8-18(4)5)16-7-6-15(11-17)14(3)10-16/h6-7,10,13H,8-9,12H2,1-5H3. The third-order valence-corrected chi connectivity index (χ3v) is 3.10. The van der Waals surface area contributed by atoms with Crippen molar-refractivity contribution in [1.29, 1.82) is 5.26 Å². The summed E-state index contributed by atoms with van der Waals surface area (Å²) in [6, 6.07) is 8.33. The Morgan fingerprint density at radius 3 is 2.37 bits per heavy atom. The van der Waals surface area contributed by atoms with Crippen molar-refractivity contribution in [3.8, 4) is 6.07 Å². The minimum Gasteiger partial charge on any atom is -0.370 e. The van der Waals surface area contributed by atoms with E-state index in [-0.39, 0.29) is 0 Å². The van der Waals surface area contributed by atoms with Gasteiger partial charge in [0, 0.05) is 25.3 Å². The molecule has 0 fully saturated rings. The Balaban J connectivity index is 2.90. The van der Waals surface area contributed by atoms with Crippen LogP contribution in [0, 0.1) is 24.2 Å². The van der Waals surface area contributed by atoms with Gasteiger partial charge >= 0.3 is 0 Å². The van der Waals surface area contributed by atoms with Gasteiger partial charge in [-0.05, 0) is 50.7 Å². The molecule has 0 aliphatic rings. The first kappa shape index (κ1) is 15.5. The summed E-state index contributed by atoms with van der Waals surface area (Å²) in [5.41, 5.74) is 3.03. The van der Waals surface area contributed by atoms with Crippen LogP contribution in [0.3, 0.4) is 0 Å². The minimum absolute atomic E-state index is 0.623. The topological polar surface area (TPSA) is 30.3 Å². The maximum atomic E-state index is 9.00. The SMILES string of the molecule is Cc1cc(N(CCN(C)C)CC(C)C)ccc1C#N. The normalized spacial score (nSPS) is 10.8. The summed E-state index contributed by atoms with van der Waals surface area (Å²) in [6.07, 6.45) is 0. The number of nitriles is 1. The zero-order valence-corrected chi connectivity index (χ0v) is 12.8. The van der Waals surface area contributed by atoms with E-state index in [0.29, 0.717) is 5.92 Å². The molecule has 0 amide bonds. The number of rotatable bonds is 6. The lowest BCUT2D eigenvalue weighted by atomic mass is 10.1. The van der Waals surface area contributed by atoms with E-state index in [2.05, 4.69) is 55.9 Å². The highest BCUT2D eigenvalue weighted by atomic mass is 15.2. The number of likely N-dealkylation sites (N-methyl/N-ethyl adjacent to an activating group) is 1. The molecule has 0 aliphatic carbocycles. The van der Waals surface area contributed by atoms with Gasteiger partial charge in [-0.1, -0.05) is 13.8 Å². The van der Waals surface area contributed by atoms with Crippen LogP contribution in [0.1, 0.15) is 25.0 Å². The second kappa shape index (κ2) is 7.16. The van der Waals surface area contributed by atoms with E-state index in [9.17, 15) is 0 Å². The molecular formula is C16H25N3. The molecule has 0 heterocycles. The smallest absolute Gasteiger partial charge is 0.0994 e. The van der Waals surface area contributed by atoms with Crippen molar-refractivity contribution in [2.75, 3.05) is 38.6 Å². The first-order valence-electron chi connectivity index (χ1n) is 6.84. The third-order valence-electron chi connectivity index (χ3n) is 3.10. The van der Waals surface area contributed by atoms with Gasteiger partial charge in [0.15, 0.2) is 0 Å². The van der Waals surface area contributed by atoms with Gasteiger partial charge in [0.25, 0.3) is 0 Å². The molecule has 0 aliphatic heterocycles. The Kier molecular flexibility index (Phi) is 5.85. The number of nitrogens with zero attached hydrogens (tertiary/aromatic N) is 3. The third kappa shape index (κ3) is 4.92. The van der Waals surface area contributed by atoms with Gasteiger partial charge in [-0.3, -0.25) is 0 Å². The zero-order valence-electron chi connectivity index (χ0n) is 12.8. The molecule has 1 rings (SSSR count). The summed E-state index contributed by atoms with van der Waals surface area (Å²) in [4.78, 5) is 4.60. The van der Waals surface area contributed by atoms with Crippen molar-refractivity contribution < 1.29 is 0 Å². The van der Waals surface area contributed by atoms with E-state index >= 15 is 0 Å². The fourth-order valence-electron chi connectivity index (χ4n) is 2.06. The molecule has 0 bridgehead atoms. The van der Waals surface area contributed by atoms with E-state index in [0.717, 1.165) is 30.8 Å². The molecule has 0 radical (unpaired) electrons. The Hall–Kier alpha value is -1.53. The molecule has 3 nitrogen and oxygen atoms in total. The van der Waals surface area contributed by atoms with Crippen LogP contribution in [0.25, 0.3) is 0 Å². The first-order valence-corrected chi connectivity index (χ1v) is 6.84. The number of benzene rings is 1. The summed E-state index contributed by atoms with van der Waals surface area (Å²) in [5, 5.41) is 9.00. The van der Waals surface area contributed by atoms with Crippen LogP contribution in [0.2, 0.25) is 0 Å². The number of hydrogen-bond donors (Lipinski definition) is 0. The number of anilines is 1. The molecule has 1 aromatic rings. The molecule has 104 valence electrons. The van der Waals surface area contributed by atoms with Crippen LogP contribution in [-0.2, 0) is 0 Å². The summed E-state index contributed by atoms with van der Waals surface area (Å²) in [7, 11) is 4.19. The van der Waals surface area contributed by atoms with Crippen molar-refractivity contribution in [2.24, 2.45) is 5.92 Å². The van der Waals surface area contributed by atoms with Crippen molar-refractivity contribution in [1.82, 2.24) is 4.90 Å². The average molecular weight is 259 g/mol. The lowest BCUT2D eigenvalue weighted by Gasteiger charge is -2.28. The zero-order chi connectivity index (χ0) is 14.4. The molecule has 1 aromatic carbocycles. The molecule has 0 atom stereocenters. The van der Waals surface area contributed by atoms with Gasteiger partial charge in [-0.15, -0.1) is 0 Å². The molecule has 3 heteroatoms. The highest BCUT2D eigenvalue weighted by Crippen LogP contribution is 2.20. The molecule has 0 unspecified atom stereocenters. The second-order valence-electron chi connectivity index (χ2n) is 5.75. The maximum absolute atomic E-state index is 9.00. The van der Waals surface area contributed by atoms with Gasteiger partial charge in [0.05, 0.1) is 11.6 Å². The maximum Gasteiger partial charge on any atom is 0.0994 e. The van der Waals surface area contributed by atoms with Crippen LogP contribution in [0.4, 0.5) is 5.69 Å². The van der Waals surface area contributed by atoms with Crippen LogP contribution in [0.15, 0.2) is 18.2 Å².